The highest BCUT2D eigenvalue weighted by Crippen LogP contribution is 2.33. The molecule has 1 saturated carbocycles. The van der Waals surface area contributed by atoms with Crippen LogP contribution >= 0.6 is 23.4 Å². The predicted octanol–water partition coefficient (Wildman–Crippen LogP) is 3.91. The van der Waals surface area contributed by atoms with E-state index in [4.69, 9.17) is 11.6 Å². The number of benzene rings is 1. The molecule has 3 rings (SSSR count). The SMILES string of the molecule is CC(Sc1n[nH]c(C2CCCC2)n1)C(=O)NCc1ccc(Cl)cc1. The summed E-state index contributed by atoms with van der Waals surface area (Å²) < 4.78 is 0. The summed E-state index contributed by atoms with van der Waals surface area (Å²) in [5.74, 6) is 1.44. The van der Waals surface area contributed by atoms with Crippen molar-refractivity contribution in [1.82, 2.24) is 20.5 Å². The molecule has 2 aromatic rings. The van der Waals surface area contributed by atoms with E-state index in [-0.39, 0.29) is 11.2 Å². The number of aromatic amines is 1. The van der Waals surface area contributed by atoms with E-state index in [0.29, 0.717) is 22.6 Å². The molecule has 1 heterocycles. The van der Waals surface area contributed by atoms with Gasteiger partial charge in [-0.3, -0.25) is 9.89 Å². The average Bonchev–Trinajstić information content (AvgIpc) is 3.25. The Labute approximate surface area is 151 Å². The van der Waals surface area contributed by atoms with Gasteiger partial charge in [0.05, 0.1) is 5.25 Å². The van der Waals surface area contributed by atoms with Crippen LogP contribution in [0.25, 0.3) is 0 Å². The summed E-state index contributed by atoms with van der Waals surface area (Å²) in [6.07, 6.45) is 4.88. The van der Waals surface area contributed by atoms with Crippen LogP contribution in [-0.4, -0.2) is 26.3 Å². The highest BCUT2D eigenvalue weighted by atomic mass is 35.5. The first-order valence-electron chi connectivity index (χ1n) is 8.23. The normalized spacial score (nSPS) is 16.2. The highest BCUT2D eigenvalue weighted by Gasteiger charge is 2.22. The molecule has 1 aromatic carbocycles. The van der Waals surface area contributed by atoms with E-state index >= 15 is 0 Å². The number of carbonyl (C=O) groups excluding carboxylic acids is 1. The van der Waals surface area contributed by atoms with E-state index in [1.165, 1.54) is 37.4 Å². The Morgan fingerprint density at radius 3 is 2.79 bits per heavy atom. The van der Waals surface area contributed by atoms with Crippen molar-refractivity contribution in [3.8, 4) is 0 Å². The van der Waals surface area contributed by atoms with E-state index < -0.39 is 0 Å². The van der Waals surface area contributed by atoms with E-state index in [0.717, 1.165) is 11.4 Å². The number of rotatable bonds is 6. The molecule has 1 atom stereocenters. The standard InChI is InChI=1S/C17H21ClN4OS/c1-11(16(23)19-10-12-6-8-14(18)9-7-12)24-17-20-15(21-22-17)13-4-2-3-5-13/h6-9,11,13H,2-5,10H2,1H3,(H,19,23)(H,20,21,22). The maximum atomic E-state index is 12.2. The van der Waals surface area contributed by atoms with E-state index in [2.05, 4.69) is 20.5 Å². The molecule has 0 bridgehead atoms. The topological polar surface area (TPSA) is 70.7 Å². The number of amides is 1. The molecule has 1 aromatic heterocycles. The second-order valence-corrected chi connectivity index (χ2v) is 7.83. The van der Waals surface area contributed by atoms with Crippen molar-refractivity contribution in [3.63, 3.8) is 0 Å². The minimum absolute atomic E-state index is 0.0258. The quantitative estimate of drug-likeness (QED) is 0.762. The van der Waals surface area contributed by atoms with Crippen LogP contribution in [0.2, 0.25) is 5.02 Å². The first-order chi connectivity index (χ1) is 11.6. The van der Waals surface area contributed by atoms with Crippen molar-refractivity contribution in [2.24, 2.45) is 0 Å². The summed E-state index contributed by atoms with van der Waals surface area (Å²) in [6, 6.07) is 7.45. The van der Waals surface area contributed by atoms with Gasteiger partial charge in [0.1, 0.15) is 5.82 Å². The van der Waals surface area contributed by atoms with Crippen LogP contribution in [-0.2, 0) is 11.3 Å². The molecule has 2 N–H and O–H groups in total. The Morgan fingerprint density at radius 1 is 1.38 bits per heavy atom. The van der Waals surface area contributed by atoms with Crippen LogP contribution < -0.4 is 5.32 Å². The molecule has 7 heteroatoms. The van der Waals surface area contributed by atoms with E-state index in [1.807, 2.05) is 31.2 Å². The lowest BCUT2D eigenvalue weighted by molar-refractivity contribution is -0.120. The molecular weight excluding hydrogens is 344 g/mol. The monoisotopic (exact) mass is 364 g/mol. The number of nitrogens with zero attached hydrogens (tertiary/aromatic N) is 2. The Balaban J connectivity index is 1.49. The lowest BCUT2D eigenvalue weighted by Gasteiger charge is -2.10. The van der Waals surface area contributed by atoms with Gasteiger partial charge in [0.15, 0.2) is 0 Å². The second kappa shape index (κ2) is 8.03. The Bertz CT molecular complexity index is 682. The molecule has 0 radical (unpaired) electrons. The zero-order chi connectivity index (χ0) is 16.9. The van der Waals surface area contributed by atoms with E-state index in [1.54, 1.807) is 0 Å². The van der Waals surface area contributed by atoms with Crippen molar-refractivity contribution in [1.29, 1.82) is 0 Å². The fourth-order valence-electron chi connectivity index (χ4n) is 2.84. The molecule has 1 aliphatic rings. The van der Waals surface area contributed by atoms with Gasteiger partial charge in [-0.15, -0.1) is 5.10 Å². The van der Waals surface area contributed by atoms with E-state index in [9.17, 15) is 4.79 Å². The van der Waals surface area contributed by atoms with Gasteiger partial charge in [-0.1, -0.05) is 48.3 Å². The summed E-state index contributed by atoms with van der Waals surface area (Å²) in [5, 5.41) is 11.3. The number of thioether (sulfide) groups is 1. The van der Waals surface area contributed by atoms with Gasteiger partial charge in [0, 0.05) is 17.5 Å². The number of aromatic nitrogens is 3. The largest absolute Gasteiger partial charge is 0.351 e. The summed E-state index contributed by atoms with van der Waals surface area (Å²) in [7, 11) is 0. The van der Waals surface area contributed by atoms with Gasteiger partial charge in [-0.05, 0) is 37.5 Å². The molecule has 1 amide bonds. The molecule has 0 aliphatic heterocycles. The van der Waals surface area contributed by atoms with Crippen LogP contribution in [0.4, 0.5) is 0 Å². The number of hydrogen-bond acceptors (Lipinski definition) is 4. The smallest absolute Gasteiger partial charge is 0.233 e. The van der Waals surface area contributed by atoms with Gasteiger partial charge in [-0.2, -0.15) is 0 Å². The molecular formula is C17H21ClN4OS. The third kappa shape index (κ3) is 4.51. The summed E-state index contributed by atoms with van der Waals surface area (Å²) in [5.41, 5.74) is 1.02. The van der Waals surface area contributed by atoms with Crippen LogP contribution in [0, 0.1) is 0 Å². The minimum atomic E-state index is -0.246. The average molecular weight is 365 g/mol. The number of H-pyrrole nitrogens is 1. The van der Waals surface area contributed by atoms with Crippen LogP contribution in [0.15, 0.2) is 29.4 Å². The van der Waals surface area contributed by atoms with Crippen LogP contribution in [0.3, 0.4) is 0 Å². The lowest BCUT2D eigenvalue weighted by atomic mass is 10.1. The molecule has 0 saturated heterocycles. The Morgan fingerprint density at radius 2 is 2.08 bits per heavy atom. The van der Waals surface area contributed by atoms with Crippen molar-refractivity contribution >= 4 is 29.3 Å². The Hall–Kier alpha value is -1.53. The van der Waals surface area contributed by atoms with Gasteiger partial charge in [-0.25, -0.2) is 4.98 Å². The third-order valence-corrected chi connectivity index (χ3v) is 5.47. The number of carbonyl (C=O) groups is 1. The maximum Gasteiger partial charge on any atom is 0.233 e. The second-order valence-electron chi connectivity index (χ2n) is 6.09. The van der Waals surface area contributed by atoms with Crippen molar-refractivity contribution < 1.29 is 4.79 Å². The lowest BCUT2D eigenvalue weighted by Crippen LogP contribution is -2.30. The van der Waals surface area contributed by atoms with Gasteiger partial charge >= 0.3 is 0 Å². The van der Waals surface area contributed by atoms with Gasteiger partial charge in [0.2, 0.25) is 11.1 Å². The summed E-state index contributed by atoms with van der Waals surface area (Å²) in [4.78, 5) is 16.8. The van der Waals surface area contributed by atoms with Crippen molar-refractivity contribution in [2.75, 3.05) is 0 Å². The molecule has 24 heavy (non-hydrogen) atoms. The fourth-order valence-corrected chi connectivity index (χ4v) is 3.72. The molecule has 5 nitrogen and oxygen atoms in total. The minimum Gasteiger partial charge on any atom is -0.351 e. The molecule has 0 spiro atoms. The van der Waals surface area contributed by atoms with Gasteiger partial charge < -0.3 is 5.32 Å². The van der Waals surface area contributed by atoms with Crippen molar-refractivity contribution in [2.45, 2.75) is 55.5 Å². The molecule has 1 unspecified atom stereocenters. The molecule has 1 fully saturated rings. The predicted molar refractivity (Wildman–Crippen MR) is 96.2 cm³/mol. The number of halogens is 1. The Kier molecular flexibility index (Phi) is 5.79. The van der Waals surface area contributed by atoms with Crippen molar-refractivity contribution in [3.05, 3.63) is 40.7 Å². The molecule has 128 valence electrons. The summed E-state index contributed by atoms with van der Waals surface area (Å²) in [6.45, 7) is 2.36. The fraction of sp³-hybridized carbons (Fsp3) is 0.471. The number of hydrogen-bond donors (Lipinski definition) is 2. The third-order valence-electron chi connectivity index (χ3n) is 4.26. The van der Waals surface area contributed by atoms with Crippen LogP contribution in [0.1, 0.15) is 49.9 Å². The highest BCUT2D eigenvalue weighted by molar-refractivity contribution is 8.00. The zero-order valence-corrected chi connectivity index (χ0v) is 15.2. The number of nitrogens with one attached hydrogen (secondary N) is 2. The van der Waals surface area contributed by atoms with Gasteiger partial charge in [0.25, 0.3) is 0 Å². The summed E-state index contributed by atoms with van der Waals surface area (Å²) >= 11 is 7.24. The first-order valence-corrected chi connectivity index (χ1v) is 9.48. The zero-order valence-electron chi connectivity index (χ0n) is 13.6. The molecule has 1 aliphatic carbocycles. The maximum absolute atomic E-state index is 12.2. The van der Waals surface area contributed by atoms with Crippen LogP contribution in [0.5, 0.6) is 0 Å². The first kappa shape index (κ1) is 17.3.